The maximum Gasteiger partial charge on any atom is 0.320 e. The van der Waals surface area contributed by atoms with E-state index in [4.69, 9.17) is 18.9 Å². The minimum Gasteiger partial charge on any atom is -0.497 e. The van der Waals surface area contributed by atoms with E-state index in [1.807, 2.05) is 0 Å². The highest BCUT2D eigenvalue weighted by Crippen LogP contribution is 2.49. The number of rotatable bonds is 5. The van der Waals surface area contributed by atoms with E-state index in [0.717, 1.165) is 0 Å². The summed E-state index contributed by atoms with van der Waals surface area (Å²) in [5.74, 6) is 1.05. The molecule has 2 N–H and O–H groups in total. The van der Waals surface area contributed by atoms with Gasteiger partial charge in [-0.05, 0) is 18.2 Å². The summed E-state index contributed by atoms with van der Waals surface area (Å²) in [6.07, 6.45) is 0. The van der Waals surface area contributed by atoms with E-state index in [9.17, 15) is 9.18 Å². The van der Waals surface area contributed by atoms with Crippen LogP contribution in [0.25, 0.3) is 0 Å². The lowest BCUT2D eigenvalue weighted by Crippen LogP contribution is -2.39. The van der Waals surface area contributed by atoms with Crippen molar-refractivity contribution in [3.63, 3.8) is 0 Å². The number of fused-ring (bicyclic) bond motifs is 1. The predicted octanol–water partition coefficient (Wildman–Crippen LogP) is 3.08. The molecule has 1 aliphatic heterocycles. The number of amides is 2. The SMILES string of the molecule is COc1ccc(F)c(C2NC(=O)Nc3cc(OC)c(OC)c(OC)c32)c1. The fourth-order valence-corrected chi connectivity index (χ4v) is 3.03. The fraction of sp³-hybridized carbons (Fsp3) is 0.278. The molecule has 138 valence electrons. The Morgan fingerprint density at radius 3 is 2.31 bits per heavy atom. The van der Waals surface area contributed by atoms with Gasteiger partial charge in [0.1, 0.15) is 11.6 Å². The summed E-state index contributed by atoms with van der Waals surface area (Å²) >= 11 is 0. The lowest BCUT2D eigenvalue weighted by Gasteiger charge is -2.31. The normalized spacial score (nSPS) is 15.4. The molecule has 8 heteroatoms. The smallest absolute Gasteiger partial charge is 0.320 e. The highest BCUT2D eigenvalue weighted by Gasteiger charge is 2.34. The molecule has 0 radical (unpaired) electrons. The number of urea groups is 1. The fourth-order valence-electron chi connectivity index (χ4n) is 3.03. The first-order valence-electron chi connectivity index (χ1n) is 7.77. The second-order valence-electron chi connectivity index (χ2n) is 5.53. The minimum absolute atomic E-state index is 0.242. The molecule has 0 aromatic heterocycles. The standard InChI is InChI=1S/C18H19FN2O5/c1-23-9-5-6-11(19)10(7-9)15-14-12(20-18(22)21-15)8-13(24-2)16(25-3)17(14)26-4/h5-8,15H,1-4H3,(H2,20,21,22). The summed E-state index contributed by atoms with van der Waals surface area (Å²) in [6, 6.07) is 4.66. The van der Waals surface area contributed by atoms with Crippen LogP contribution < -0.4 is 29.6 Å². The third-order valence-electron chi connectivity index (χ3n) is 4.19. The molecular formula is C18H19FN2O5. The van der Waals surface area contributed by atoms with E-state index in [1.165, 1.54) is 46.6 Å². The van der Waals surface area contributed by atoms with Gasteiger partial charge in [-0.15, -0.1) is 0 Å². The largest absolute Gasteiger partial charge is 0.497 e. The number of benzene rings is 2. The minimum atomic E-state index is -0.802. The molecule has 2 amide bonds. The van der Waals surface area contributed by atoms with Crippen LogP contribution in [0.1, 0.15) is 17.2 Å². The first kappa shape index (κ1) is 17.7. The zero-order chi connectivity index (χ0) is 18.8. The highest BCUT2D eigenvalue weighted by molar-refractivity contribution is 5.95. The second-order valence-corrected chi connectivity index (χ2v) is 5.53. The third kappa shape index (κ3) is 2.83. The highest BCUT2D eigenvalue weighted by atomic mass is 19.1. The van der Waals surface area contributed by atoms with Crippen molar-refractivity contribution in [1.29, 1.82) is 0 Å². The van der Waals surface area contributed by atoms with Gasteiger partial charge in [0.15, 0.2) is 11.5 Å². The lowest BCUT2D eigenvalue weighted by molar-refractivity contribution is 0.248. The van der Waals surface area contributed by atoms with E-state index < -0.39 is 17.9 Å². The van der Waals surface area contributed by atoms with Crippen molar-refractivity contribution < 1.29 is 28.1 Å². The van der Waals surface area contributed by atoms with Gasteiger partial charge in [-0.3, -0.25) is 0 Å². The first-order valence-corrected chi connectivity index (χ1v) is 7.77. The molecule has 0 bridgehead atoms. The summed E-state index contributed by atoms with van der Waals surface area (Å²) in [7, 11) is 5.90. The van der Waals surface area contributed by atoms with Gasteiger partial charge in [-0.25, -0.2) is 9.18 Å². The zero-order valence-corrected chi connectivity index (χ0v) is 14.8. The Bertz CT molecular complexity index is 856. The molecular weight excluding hydrogens is 343 g/mol. The van der Waals surface area contributed by atoms with Gasteiger partial charge in [0.05, 0.1) is 40.2 Å². The van der Waals surface area contributed by atoms with Crippen LogP contribution in [0.2, 0.25) is 0 Å². The van der Waals surface area contributed by atoms with Crippen LogP contribution >= 0.6 is 0 Å². The van der Waals surface area contributed by atoms with Gasteiger partial charge in [0.25, 0.3) is 0 Å². The van der Waals surface area contributed by atoms with Crippen LogP contribution in [0.4, 0.5) is 14.9 Å². The molecule has 2 aromatic carbocycles. The van der Waals surface area contributed by atoms with Crippen molar-refractivity contribution in [1.82, 2.24) is 5.32 Å². The molecule has 1 aliphatic rings. The van der Waals surface area contributed by atoms with Crippen LogP contribution in [-0.2, 0) is 0 Å². The van der Waals surface area contributed by atoms with E-state index in [0.29, 0.717) is 34.2 Å². The quantitative estimate of drug-likeness (QED) is 0.855. The number of hydrogen-bond acceptors (Lipinski definition) is 5. The summed E-state index contributed by atoms with van der Waals surface area (Å²) in [5, 5.41) is 5.41. The number of anilines is 1. The lowest BCUT2D eigenvalue weighted by atomic mass is 9.93. The molecule has 0 spiro atoms. The summed E-state index contributed by atoms with van der Waals surface area (Å²) in [6.45, 7) is 0. The molecule has 0 saturated heterocycles. The van der Waals surface area contributed by atoms with Gasteiger partial charge in [0, 0.05) is 17.2 Å². The molecule has 7 nitrogen and oxygen atoms in total. The molecule has 0 saturated carbocycles. The monoisotopic (exact) mass is 362 g/mol. The van der Waals surface area contributed by atoms with Gasteiger partial charge in [-0.2, -0.15) is 0 Å². The number of carbonyl (C=O) groups excluding carboxylic acids is 1. The number of halogens is 1. The Kier molecular flexibility index (Phi) is 4.75. The molecule has 1 heterocycles. The second kappa shape index (κ2) is 6.99. The summed E-state index contributed by atoms with van der Waals surface area (Å²) in [4.78, 5) is 12.1. The van der Waals surface area contributed by atoms with E-state index in [-0.39, 0.29) is 5.56 Å². The van der Waals surface area contributed by atoms with Crippen LogP contribution in [0.3, 0.4) is 0 Å². The van der Waals surface area contributed by atoms with Crippen molar-refractivity contribution in [2.24, 2.45) is 0 Å². The van der Waals surface area contributed by atoms with Crippen molar-refractivity contribution in [3.05, 3.63) is 41.2 Å². The maximum absolute atomic E-state index is 14.6. The Labute approximate surface area is 150 Å². The molecule has 0 fully saturated rings. The van der Waals surface area contributed by atoms with Crippen molar-refractivity contribution in [2.75, 3.05) is 33.8 Å². The van der Waals surface area contributed by atoms with Crippen LogP contribution in [0.15, 0.2) is 24.3 Å². The molecule has 2 aromatic rings. The van der Waals surface area contributed by atoms with Gasteiger partial charge >= 0.3 is 6.03 Å². The average molecular weight is 362 g/mol. The molecule has 3 rings (SSSR count). The van der Waals surface area contributed by atoms with Crippen molar-refractivity contribution >= 4 is 11.7 Å². The van der Waals surface area contributed by atoms with Crippen LogP contribution in [0.5, 0.6) is 23.0 Å². The molecule has 1 atom stereocenters. The van der Waals surface area contributed by atoms with E-state index in [2.05, 4.69) is 10.6 Å². The maximum atomic E-state index is 14.6. The Hall–Kier alpha value is -3.16. The summed E-state index contributed by atoms with van der Waals surface area (Å²) in [5.41, 5.74) is 1.21. The Morgan fingerprint density at radius 1 is 0.962 bits per heavy atom. The van der Waals surface area contributed by atoms with Crippen molar-refractivity contribution in [3.8, 4) is 23.0 Å². The number of carbonyl (C=O) groups is 1. The average Bonchev–Trinajstić information content (AvgIpc) is 2.65. The zero-order valence-electron chi connectivity index (χ0n) is 14.8. The third-order valence-corrected chi connectivity index (χ3v) is 4.19. The number of methoxy groups -OCH3 is 4. The molecule has 1 unspecified atom stereocenters. The molecule has 26 heavy (non-hydrogen) atoms. The Morgan fingerprint density at radius 2 is 1.69 bits per heavy atom. The molecule has 0 aliphatic carbocycles. The van der Waals surface area contributed by atoms with Crippen LogP contribution in [0, 0.1) is 5.82 Å². The number of ether oxygens (including phenoxy) is 4. The van der Waals surface area contributed by atoms with E-state index in [1.54, 1.807) is 6.07 Å². The van der Waals surface area contributed by atoms with Gasteiger partial charge < -0.3 is 29.6 Å². The number of hydrogen-bond donors (Lipinski definition) is 2. The van der Waals surface area contributed by atoms with E-state index >= 15 is 0 Å². The number of nitrogens with one attached hydrogen (secondary N) is 2. The van der Waals surface area contributed by atoms with Crippen LogP contribution in [-0.4, -0.2) is 34.5 Å². The Balaban J connectivity index is 2.28. The predicted molar refractivity (Wildman–Crippen MR) is 93.0 cm³/mol. The van der Waals surface area contributed by atoms with Gasteiger partial charge in [0.2, 0.25) is 5.75 Å². The van der Waals surface area contributed by atoms with Crippen molar-refractivity contribution in [2.45, 2.75) is 6.04 Å². The first-order chi connectivity index (χ1) is 12.5. The summed E-state index contributed by atoms with van der Waals surface area (Å²) < 4.78 is 36.0. The topological polar surface area (TPSA) is 78.1 Å². The van der Waals surface area contributed by atoms with Gasteiger partial charge in [-0.1, -0.05) is 0 Å².